The smallest absolute Gasteiger partial charge is 0.312 e. The SMILES string of the molecule is CC[C@@H](Cn1ccnc1)NC(=O)C(=O)N1CCOCC1. The molecule has 1 saturated heterocycles. The van der Waals surface area contributed by atoms with Gasteiger partial charge in [-0.05, 0) is 6.42 Å². The Morgan fingerprint density at radius 2 is 2.15 bits per heavy atom. The van der Waals surface area contributed by atoms with Crippen LogP contribution in [-0.2, 0) is 20.9 Å². The Kier molecular flexibility index (Phi) is 5.11. The third-order valence-electron chi connectivity index (χ3n) is 3.31. The number of nitrogens with one attached hydrogen (secondary N) is 1. The monoisotopic (exact) mass is 280 g/mol. The zero-order valence-corrected chi connectivity index (χ0v) is 11.6. The number of nitrogens with zero attached hydrogens (tertiary/aromatic N) is 3. The summed E-state index contributed by atoms with van der Waals surface area (Å²) < 4.78 is 7.05. The van der Waals surface area contributed by atoms with Gasteiger partial charge < -0.3 is 19.5 Å². The number of morpholine rings is 1. The predicted molar refractivity (Wildman–Crippen MR) is 71.8 cm³/mol. The number of hydrogen-bond acceptors (Lipinski definition) is 4. The van der Waals surface area contributed by atoms with Crippen molar-refractivity contribution in [2.24, 2.45) is 0 Å². The van der Waals surface area contributed by atoms with E-state index in [1.807, 2.05) is 17.7 Å². The van der Waals surface area contributed by atoms with Gasteiger partial charge in [-0.15, -0.1) is 0 Å². The van der Waals surface area contributed by atoms with Crippen molar-refractivity contribution in [3.63, 3.8) is 0 Å². The number of carbonyl (C=O) groups is 2. The van der Waals surface area contributed by atoms with Crippen LogP contribution in [0.1, 0.15) is 13.3 Å². The maximum atomic E-state index is 12.0. The summed E-state index contributed by atoms with van der Waals surface area (Å²) in [6.07, 6.45) is 5.96. The molecule has 2 amide bonds. The molecule has 7 nitrogen and oxygen atoms in total. The van der Waals surface area contributed by atoms with Crippen molar-refractivity contribution in [1.29, 1.82) is 0 Å². The molecule has 1 aliphatic rings. The highest BCUT2D eigenvalue weighted by Crippen LogP contribution is 2.00. The van der Waals surface area contributed by atoms with Gasteiger partial charge >= 0.3 is 11.8 Å². The van der Waals surface area contributed by atoms with E-state index in [0.717, 1.165) is 6.42 Å². The van der Waals surface area contributed by atoms with Crippen LogP contribution in [0.25, 0.3) is 0 Å². The number of carbonyl (C=O) groups excluding carboxylic acids is 2. The Morgan fingerprint density at radius 1 is 1.40 bits per heavy atom. The average Bonchev–Trinajstić information content (AvgIpc) is 2.99. The van der Waals surface area contributed by atoms with Crippen molar-refractivity contribution < 1.29 is 14.3 Å². The summed E-state index contributed by atoms with van der Waals surface area (Å²) in [5.74, 6) is -1.02. The van der Waals surface area contributed by atoms with E-state index >= 15 is 0 Å². The average molecular weight is 280 g/mol. The molecule has 1 N–H and O–H groups in total. The fourth-order valence-electron chi connectivity index (χ4n) is 2.08. The number of rotatable bonds is 4. The van der Waals surface area contributed by atoms with Gasteiger partial charge in [0, 0.05) is 38.1 Å². The van der Waals surface area contributed by atoms with E-state index in [0.29, 0.717) is 32.8 Å². The molecule has 1 fully saturated rings. The van der Waals surface area contributed by atoms with Crippen molar-refractivity contribution in [2.75, 3.05) is 26.3 Å². The minimum absolute atomic E-state index is 0.0818. The molecule has 0 radical (unpaired) electrons. The van der Waals surface area contributed by atoms with Gasteiger partial charge in [0.2, 0.25) is 0 Å². The van der Waals surface area contributed by atoms with E-state index in [4.69, 9.17) is 4.74 Å². The van der Waals surface area contributed by atoms with Crippen LogP contribution in [0.2, 0.25) is 0 Å². The number of imidazole rings is 1. The topological polar surface area (TPSA) is 76.5 Å². The summed E-state index contributed by atoms with van der Waals surface area (Å²) >= 11 is 0. The predicted octanol–water partition coefficient (Wildman–Crippen LogP) is -0.363. The molecule has 0 bridgehead atoms. The van der Waals surface area contributed by atoms with Crippen LogP contribution in [-0.4, -0.2) is 58.6 Å². The lowest BCUT2D eigenvalue weighted by Gasteiger charge is -2.27. The van der Waals surface area contributed by atoms with Gasteiger partial charge in [-0.1, -0.05) is 6.92 Å². The summed E-state index contributed by atoms with van der Waals surface area (Å²) in [5.41, 5.74) is 0. The molecule has 1 aliphatic heterocycles. The molecule has 0 aromatic carbocycles. The highest BCUT2D eigenvalue weighted by atomic mass is 16.5. The van der Waals surface area contributed by atoms with E-state index in [-0.39, 0.29) is 6.04 Å². The molecule has 110 valence electrons. The highest BCUT2D eigenvalue weighted by molar-refractivity contribution is 6.35. The van der Waals surface area contributed by atoms with Crippen LogP contribution < -0.4 is 5.32 Å². The zero-order valence-electron chi connectivity index (χ0n) is 11.6. The van der Waals surface area contributed by atoms with Crippen LogP contribution in [0.3, 0.4) is 0 Å². The van der Waals surface area contributed by atoms with Crippen molar-refractivity contribution in [1.82, 2.24) is 19.8 Å². The number of aromatic nitrogens is 2. The molecule has 1 atom stereocenters. The van der Waals surface area contributed by atoms with E-state index in [1.165, 1.54) is 4.90 Å². The lowest BCUT2D eigenvalue weighted by atomic mass is 10.2. The minimum atomic E-state index is -0.543. The normalized spacial score (nSPS) is 16.8. The van der Waals surface area contributed by atoms with E-state index in [1.54, 1.807) is 12.5 Å². The van der Waals surface area contributed by atoms with Gasteiger partial charge in [-0.3, -0.25) is 9.59 Å². The maximum Gasteiger partial charge on any atom is 0.312 e. The summed E-state index contributed by atoms with van der Waals surface area (Å²) in [6.45, 7) is 4.52. The molecule has 0 unspecified atom stereocenters. The molecule has 2 rings (SSSR count). The van der Waals surface area contributed by atoms with Crippen LogP contribution in [0, 0.1) is 0 Å². The van der Waals surface area contributed by atoms with E-state index < -0.39 is 11.8 Å². The molecule has 0 aliphatic carbocycles. The second-order valence-electron chi connectivity index (χ2n) is 4.74. The van der Waals surface area contributed by atoms with Crippen LogP contribution in [0.15, 0.2) is 18.7 Å². The Hall–Kier alpha value is -1.89. The first-order chi connectivity index (χ1) is 9.70. The first-order valence-corrected chi connectivity index (χ1v) is 6.84. The fraction of sp³-hybridized carbons (Fsp3) is 0.615. The first kappa shape index (κ1) is 14.5. The lowest BCUT2D eigenvalue weighted by molar-refractivity contribution is -0.148. The van der Waals surface area contributed by atoms with Crippen molar-refractivity contribution >= 4 is 11.8 Å². The van der Waals surface area contributed by atoms with Gasteiger partial charge in [0.05, 0.1) is 19.5 Å². The Bertz CT molecular complexity index is 440. The Labute approximate surface area is 117 Å². The molecular formula is C13H20N4O3. The van der Waals surface area contributed by atoms with Crippen LogP contribution >= 0.6 is 0 Å². The third kappa shape index (κ3) is 3.80. The number of hydrogen-bond donors (Lipinski definition) is 1. The first-order valence-electron chi connectivity index (χ1n) is 6.84. The number of ether oxygens (including phenoxy) is 1. The molecule has 2 heterocycles. The molecule has 1 aromatic heterocycles. The van der Waals surface area contributed by atoms with Crippen molar-refractivity contribution in [3.8, 4) is 0 Å². The standard InChI is InChI=1S/C13H20N4O3/c1-2-11(9-16-4-3-14-10-16)15-12(18)13(19)17-5-7-20-8-6-17/h3-4,10-11H,2,5-9H2,1H3,(H,15,18)/t11-/m0/s1. The van der Waals surface area contributed by atoms with Gasteiger partial charge in [-0.2, -0.15) is 0 Å². The quantitative estimate of drug-likeness (QED) is 0.764. The molecule has 0 spiro atoms. The van der Waals surface area contributed by atoms with Gasteiger partial charge in [0.1, 0.15) is 0 Å². The Balaban J connectivity index is 1.86. The van der Waals surface area contributed by atoms with Crippen LogP contribution in [0.4, 0.5) is 0 Å². The second kappa shape index (κ2) is 7.04. The summed E-state index contributed by atoms with van der Waals surface area (Å²) in [4.78, 5) is 29.5. The zero-order chi connectivity index (χ0) is 14.4. The van der Waals surface area contributed by atoms with Gasteiger partial charge in [0.15, 0.2) is 0 Å². The maximum absolute atomic E-state index is 12.0. The largest absolute Gasteiger partial charge is 0.378 e. The Morgan fingerprint density at radius 3 is 2.75 bits per heavy atom. The summed E-state index contributed by atoms with van der Waals surface area (Å²) in [7, 11) is 0. The third-order valence-corrected chi connectivity index (χ3v) is 3.31. The highest BCUT2D eigenvalue weighted by Gasteiger charge is 2.25. The molecule has 1 aromatic rings. The van der Waals surface area contributed by atoms with Crippen molar-refractivity contribution in [2.45, 2.75) is 25.9 Å². The number of amides is 2. The molecular weight excluding hydrogens is 260 g/mol. The molecule has 20 heavy (non-hydrogen) atoms. The molecule has 7 heteroatoms. The molecule has 0 saturated carbocycles. The van der Waals surface area contributed by atoms with Crippen molar-refractivity contribution in [3.05, 3.63) is 18.7 Å². The van der Waals surface area contributed by atoms with E-state index in [2.05, 4.69) is 10.3 Å². The lowest BCUT2D eigenvalue weighted by Crippen LogP contribution is -2.50. The minimum Gasteiger partial charge on any atom is -0.378 e. The second-order valence-corrected chi connectivity index (χ2v) is 4.74. The summed E-state index contributed by atoms with van der Waals surface area (Å²) in [5, 5.41) is 2.78. The van der Waals surface area contributed by atoms with E-state index in [9.17, 15) is 9.59 Å². The van der Waals surface area contributed by atoms with Gasteiger partial charge in [-0.25, -0.2) is 4.98 Å². The fourth-order valence-corrected chi connectivity index (χ4v) is 2.08. The van der Waals surface area contributed by atoms with Gasteiger partial charge in [0.25, 0.3) is 0 Å². The van der Waals surface area contributed by atoms with Crippen LogP contribution in [0.5, 0.6) is 0 Å². The summed E-state index contributed by atoms with van der Waals surface area (Å²) in [6, 6.07) is -0.0818.